The summed E-state index contributed by atoms with van der Waals surface area (Å²) in [7, 11) is 2.03. The molecule has 1 N–H and O–H groups in total. The van der Waals surface area contributed by atoms with E-state index >= 15 is 0 Å². The van der Waals surface area contributed by atoms with Crippen LogP contribution in [-0.4, -0.2) is 35.7 Å². The van der Waals surface area contributed by atoms with Gasteiger partial charge in [-0.15, -0.1) is 0 Å². The maximum atomic E-state index is 9.38. The van der Waals surface area contributed by atoms with Crippen LogP contribution in [0.1, 0.15) is 37.7 Å². The first-order valence-electron chi connectivity index (χ1n) is 7.44. The zero-order chi connectivity index (χ0) is 14.5. The maximum Gasteiger partial charge on any atom is 0.0672 e. The molecular weight excluding hydrogens is 248 g/mol. The molecule has 2 rings (SSSR count). The average Bonchev–Trinajstić information content (AvgIpc) is 2.53. The fourth-order valence-corrected chi connectivity index (χ4v) is 3.23. The Bertz CT molecular complexity index is 454. The zero-order valence-electron chi connectivity index (χ0n) is 12.4. The molecular formula is C17H24N2O. The Hall–Kier alpha value is -1.37. The quantitative estimate of drug-likeness (QED) is 0.917. The van der Waals surface area contributed by atoms with E-state index in [1.807, 2.05) is 20.0 Å². The Kier molecular flexibility index (Phi) is 5.17. The highest BCUT2D eigenvalue weighted by Crippen LogP contribution is 2.38. The number of aliphatic hydroxyl groups excluding tert-OH is 1. The second-order valence-electron chi connectivity index (χ2n) is 5.92. The molecule has 1 aromatic carbocycles. The number of nitrogens with zero attached hydrogens (tertiary/aromatic N) is 2. The number of rotatable bonds is 4. The van der Waals surface area contributed by atoms with Gasteiger partial charge in [0.15, 0.2) is 0 Å². The van der Waals surface area contributed by atoms with Gasteiger partial charge >= 0.3 is 0 Å². The van der Waals surface area contributed by atoms with Crippen LogP contribution in [0.25, 0.3) is 0 Å². The van der Waals surface area contributed by atoms with Gasteiger partial charge < -0.3 is 5.11 Å². The van der Waals surface area contributed by atoms with Crippen molar-refractivity contribution in [3.05, 3.63) is 35.9 Å². The van der Waals surface area contributed by atoms with Crippen molar-refractivity contribution in [2.75, 3.05) is 13.7 Å². The highest BCUT2D eigenvalue weighted by Gasteiger charge is 2.35. The monoisotopic (exact) mass is 272 g/mol. The molecule has 1 fully saturated rings. The summed E-state index contributed by atoms with van der Waals surface area (Å²) in [5.74, 6) is 0.605. The molecule has 108 valence electrons. The fraction of sp³-hybridized carbons (Fsp3) is 0.588. The SMILES string of the molecule is CC(CO)N(C)C1CC(c2ccccc2)CCC1C#N. The van der Waals surface area contributed by atoms with Crippen molar-refractivity contribution in [1.29, 1.82) is 5.26 Å². The Balaban J connectivity index is 2.14. The first-order valence-corrected chi connectivity index (χ1v) is 7.44. The highest BCUT2D eigenvalue weighted by atomic mass is 16.3. The van der Waals surface area contributed by atoms with Crippen molar-refractivity contribution < 1.29 is 5.11 Å². The summed E-state index contributed by atoms with van der Waals surface area (Å²) >= 11 is 0. The zero-order valence-corrected chi connectivity index (χ0v) is 12.4. The highest BCUT2D eigenvalue weighted by molar-refractivity contribution is 5.21. The molecule has 1 aromatic rings. The smallest absolute Gasteiger partial charge is 0.0672 e. The van der Waals surface area contributed by atoms with Gasteiger partial charge in [0.2, 0.25) is 0 Å². The third-order valence-corrected chi connectivity index (χ3v) is 4.74. The molecule has 0 aromatic heterocycles. The third kappa shape index (κ3) is 3.20. The molecule has 0 amide bonds. The van der Waals surface area contributed by atoms with Crippen molar-refractivity contribution in [1.82, 2.24) is 4.90 Å². The van der Waals surface area contributed by atoms with Gasteiger partial charge in [0.25, 0.3) is 0 Å². The van der Waals surface area contributed by atoms with E-state index < -0.39 is 0 Å². The van der Waals surface area contributed by atoms with Crippen LogP contribution in [0.2, 0.25) is 0 Å². The molecule has 4 atom stereocenters. The summed E-state index contributed by atoms with van der Waals surface area (Å²) in [6.45, 7) is 2.15. The van der Waals surface area contributed by atoms with Crippen LogP contribution in [0.15, 0.2) is 30.3 Å². The number of hydrogen-bond donors (Lipinski definition) is 1. The van der Waals surface area contributed by atoms with Gasteiger partial charge in [-0.05, 0) is 44.7 Å². The van der Waals surface area contributed by atoms with Crippen LogP contribution in [-0.2, 0) is 0 Å². The topological polar surface area (TPSA) is 47.3 Å². The number of hydrogen-bond acceptors (Lipinski definition) is 3. The Morgan fingerprint density at radius 1 is 1.35 bits per heavy atom. The van der Waals surface area contributed by atoms with E-state index in [0.717, 1.165) is 19.3 Å². The standard InChI is InChI=1S/C17H24N2O/c1-13(12-20)19(2)17-10-15(8-9-16(17)11-18)14-6-4-3-5-7-14/h3-7,13,15-17,20H,8-10,12H2,1-2H3. The number of aliphatic hydroxyl groups is 1. The minimum Gasteiger partial charge on any atom is -0.395 e. The van der Waals surface area contributed by atoms with Crippen LogP contribution < -0.4 is 0 Å². The number of benzene rings is 1. The molecule has 0 heterocycles. The van der Waals surface area contributed by atoms with E-state index in [1.165, 1.54) is 5.56 Å². The summed E-state index contributed by atoms with van der Waals surface area (Å²) < 4.78 is 0. The maximum absolute atomic E-state index is 9.38. The lowest BCUT2D eigenvalue weighted by Crippen LogP contribution is -2.46. The molecule has 3 heteroatoms. The van der Waals surface area contributed by atoms with Crippen molar-refractivity contribution in [3.63, 3.8) is 0 Å². The van der Waals surface area contributed by atoms with Crippen LogP contribution in [0.3, 0.4) is 0 Å². The molecule has 20 heavy (non-hydrogen) atoms. The van der Waals surface area contributed by atoms with Crippen molar-refractivity contribution >= 4 is 0 Å². The van der Waals surface area contributed by atoms with E-state index in [4.69, 9.17) is 0 Å². The largest absolute Gasteiger partial charge is 0.395 e. The Morgan fingerprint density at radius 3 is 2.65 bits per heavy atom. The molecule has 0 aliphatic heterocycles. The Morgan fingerprint density at radius 2 is 2.05 bits per heavy atom. The molecule has 4 unspecified atom stereocenters. The van der Waals surface area contributed by atoms with Crippen molar-refractivity contribution in [2.45, 2.75) is 44.2 Å². The number of nitriles is 1. The van der Waals surface area contributed by atoms with E-state index in [2.05, 4.69) is 35.2 Å². The molecule has 0 spiro atoms. The van der Waals surface area contributed by atoms with Gasteiger partial charge in [-0.25, -0.2) is 0 Å². The molecule has 0 bridgehead atoms. The minimum absolute atomic E-state index is 0.0777. The summed E-state index contributed by atoms with van der Waals surface area (Å²) in [5.41, 5.74) is 1.37. The van der Waals surface area contributed by atoms with Gasteiger partial charge in [-0.2, -0.15) is 5.26 Å². The molecule has 1 saturated carbocycles. The van der Waals surface area contributed by atoms with E-state index in [9.17, 15) is 10.4 Å². The van der Waals surface area contributed by atoms with E-state index in [0.29, 0.717) is 5.92 Å². The molecule has 1 aliphatic carbocycles. The predicted molar refractivity (Wildman–Crippen MR) is 80.2 cm³/mol. The van der Waals surface area contributed by atoms with Gasteiger partial charge in [0, 0.05) is 12.1 Å². The molecule has 3 nitrogen and oxygen atoms in total. The first-order chi connectivity index (χ1) is 9.67. The van der Waals surface area contributed by atoms with Gasteiger partial charge in [-0.1, -0.05) is 30.3 Å². The lowest BCUT2D eigenvalue weighted by atomic mass is 9.75. The molecule has 0 radical (unpaired) electrons. The van der Waals surface area contributed by atoms with Crippen LogP contribution >= 0.6 is 0 Å². The van der Waals surface area contributed by atoms with Crippen LogP contribution in [0.5, 0.6) is 0 Å². The van der Waals surface area contributed by atoms with Gasteiger partial charge in [0.05, 0.1) is 18.6 Å². The Labute approximate surface area is 121 Å². The second-order valence-corrected chi connectivity index (χ2v) is 5.92. The summed E-state index contributed by atoms with van der Waals surface area (Å²) in [6.07, 6.45) is 3.03. The van der Waals surface area contributed by atoms with Crippen LogP contribution in [0.4, 0.5) is 0 Å². The van der Waals surface area contributed by atoms with Crippen molar-refractivity contribution in [3.8, 4) is 6.07 Å². The molecule has 0 saturated heterocycles. The van der Waals surface area contributed by atoms with Crippen LogP contribution in [0, 0.1) is 17.2 Å². The van der Waals surface area contributed by atoms with Crippen molar-refractivity contribution in [2.24, 2.45) is 5.92 Å². The predicted octanol–water partition coefficient (Wildman–Crippen LogP) is 2.78. The van der Waals surface area contributed by atoms with E-state index in [1.54, 1.807) is 0 Å². The van der Waals surface area contributed by atoms with Gasteiger partial charge in [0.1, 0.15) is 0 Å². The summed E-state index contributed by atoms with van der Waals surface area (Å²) in [4.78, 5) is 2.18. The fourth-order valence-electron chi connectivity index (χ4n) is 3.23. The minimum atomic E-state index is 0.0777. The van der Waals surface area contributed by atoms with Gasteiger partial charge in [-0.3, -0.25) is 4.90 Å². The average molecular weight is 272 g/mol. The second kappa shape index (κ2) is 6.88. The summed E-state index contributed by atoms with van der Waals surface area (Å²) in [6, 6.07) is 13.4. The normalized spacial score (nSPS) is 28.1. The number of likely N-dealkylation sites (N-methyl/N-ethyl adjacent to an activating group) is 1. The molecule has 1 aliphatic rings. The lowest BCUT2D eigenvalue weighted by Gasteiger charge is -2.41. The third-order valence-electron chi connectivity index (χ3n) is 4.74. The summed E-state index contributed by atoms with van der Waals surface area (Å²) in [5, 5.41) is 18.7. The lowest BCUT2D eigenvalue weighted by molar-refractivity contribution is 0.0755. The first kappa shape index (κ1) is 15.0. The van der Waals surface area contributed by atoms with E-state index in [-0.39, 0.29) is 24.6 Å².